The molecule has 1 amide bonds. The molecule has 1 aliphatic heterocycles. The molecule has 196 valence electrons. The molecule has 0 saturated heterocycles. The Balaban J connectivity index is 1.24. The molecule has 0 radical (unpaired) electrons. The van der Waals surface area contributed by atoms with Gasteiger partial charge in [0.25, 0.3) is 5.91 Å². The smallest absolute Gasteiger partial charge is 0.286 e. The average molecular weight is 513 g/mol. The summed E-state index contributed by atoms with van der Waals surface area (Å²) in [6, 6.07) is 23.6. The maximum atomic E-state index is 13.1. The Labute approximate surface area is 222 Å². The molecule has 3 aromatic carbocycles. The number of nitrogens with one attached hydrogen (secondary N) is 2. The largest absolute Gasteiger partial charge is 0.497 e. The van der Waals surface area contributed by atoms with Gasteiger partial charge < -0.3 is 29.6 Å². The van der Waals surface area contributed by atoms with Crippen molar-refractivity contribution in [2.24, 2.45) is 0 Å². The first-order chi connectivity index (χ1) is 18.6. The number of rotatable bonds is 10. The Bertz CT molecular complexity index is 1400. The van der Waals surface area contributed by atoms with E-state index in [1.807, 2.05) is 72.9 Å². The number of carbonyl (C=O) groups excluding carboxylic acids is 1. The monoisotopic (exact) mass is 512 g/mol. The molecular weight excluding hydrogens is 480 g/mol. The van der Waals surface area contributed by atoms with Crippen LogP contribution in [-0.4, -0.2) is 35.9 Å². The number of fused-ring (bicyclic) bond motifs is 1. The first kappa shape index (κ1) is 25.6. The van der Waals surface area contributed by atoms with Gasteiger partial charge in [0.1, 0.15) is 5.75 Å². The van der Waals surface area contributed by atoms with E-state index in [9.17, 15) is 9.90 Å². The normalized spacial score (nSPS) is 17.1. The number of hydrogen-bond acceptors (Lipinski definition) is 5. The van der Waals surface area contributed by atoms with E-state index in [1.54, 1.807) is 7.11 Å². The predicted molar refractivity (Wildman–Crippen MR) is 145 cm³/mol. The second-order valence-electron chi connectivity index (χ2n) is 9.35. The van der Waals surface area contributed by atoms with E-state index in [4.69, 9.17) is 14.2 Å². The molecule has 7 heteroatoms. The molecular formula is C31H32N2O5. The highest BCUT2D eigenvalue weighted by Crippen LogP contribution is 2.32. The number of amides is 1. The van der Waals surface area contributed by atoms with Crippen LogP contribution in [0.15, 0.2) is 90.8 Å². The molecule has 1 aliphatic rings. The van der Waals surface area contributed by atoms with E-state index in [2.05, 4.69) is 22.4 Å². The SMILES string of the molecule is COc1ccc2[nH]cc(CCNC(=O)C3=C[C@H](c4ccccc4)C[C@H](OCc4ccc(CO)cc4)O3)c2c1. The number of aromatic nitrogens is 1. The summed E-state index contributed by atoms with van der Waals surface area (Å²) >= 11 is 0. The predicted octanol–water partition coefficient (Wildman–Crippen LogP) is 4.96. The Hall–Kier alpha value is -4.07. The molecule has 7 nitrogen and oxygen atoms in total. The van der Waals surface area contributed by atoms with E-state index >= 15 is 0 Å². The maximum absolute atomic E-state index is 13.1. The lowest BCUT2D eigenvalue weighted by Crippen LogP contribution is -2.33. The van der Waals surface area contributed by atoms with Gasteiger partial charge in [0.15, 0.2) is 5.76 Å². The minimum absolute atomic E-state index is 0.00337. The van der Waals surface area contributed by atoms with Gasteiger partial charge in [0, 0.05) is 36.0 Å². The first-order valence-electron chi connectivity index (χ1n) is 12.8. The summed E-state index contributed by atoms with van der Waals surface area (Å²) in [5, 5.41) is 13.3. The van der Waals surface area contributed by atoms with Crippen molar-refractivity contribution in [3.8, 4) is 5.75 Å². The summed E-state index contributed by atoms with van der Waals surface area (Å²) in [6.07, 6.45) is 4.56. The molecule has 1 aromatic heterocycles. The van der Waals surface area contributed by atoms with E-state index < -0.39 is 6.29 Å². The topological polar surface area (TPSA) is 92.8 Å². The summed E-state index contributed by atoms with van der Waals surface area (Å²) in [7, 11) is 1.65. The molecule has 38 heavy (non-hydrogen) atoms. The molecule has 0 saturated carbocycles. The van der Waals surface area contributed by atoms with Gasteiger partial charge >= 0.3 is 0 Å². The number of aliphatic hydroxyl groups is 1. The second kappa shape index (κ2) is 12.0. The molecule has 2 atom stereocenters. The number of hydrogen-bond donors (Lipinski definition) is 3. The lowest BCUT2D eigenvalue weighted by molar-refractivity contribution is -0.150. The number of allylic oxidation sites excluding steroid dienone is 1. The van der Waals surface area contributed by atoms with Crippen LogP contribution in [0, 0.1) is 0 Å². The molecule has 0 unspecified atom stereocenters. The van der Waals surface area contributed by atoms with Gasteiger partial charge in [-0.1, -0.05) is 54.6 Å². The average Bonchev–Trinajstić information content (AvgIpc) is 3.38. The quantitative estimate of drug-likeness (QED) is 0.279. The summed E-state index contributed by atoms with van der Waals surface area (Å²) in [4.78, 5) is 16.4. The third-order valence-corrected chi connectivity index (χ3v) is 6.80. The van der Waals surface area contributed by atoms with Crippen LogP contribution in [0.1, 0.15) is 34.6 Å². The van der Waals surface area contributed by atoms with Crippen molar-refractivity contribution in [3.05, 3.63) is 113 Å². The van der Waals surface area contributed by atoms with Crippen molar-refractivity contribution in [1.29, 1.82) is 0 Å². The molecule has 2 heterocycles. The zero-order valence-corrected chi connectivity index (χ0v) is 21.4. The number of methoxy groups -OCH3 is 1. The number of carbonyl (C=O) groups is 1. The van der Waals surface area contributed by atoms with Crippen LogP contribution in [0.2, 0.25) is 0 Å². The van der Waals surface area contributed by atoms with Gasteiger partial charge in [-0.15, -0.1) is 0 Å². The van der Waals surface area contributed by atoms with Crippen molar-refractivity contribution in [2.75, 3.05) is 13.7 Å². The van der Waals surface area contributed by atoms with Crippen LogP contribution in [0.5, 0.6) is 5.75 Å². The summed E-state index contributed by atoms with van der Waals surface area (Å²) < 4.78 is 17.5. The van der Waals surface area contributed by atoms with Crippen molar-refractivity contribution in [2.45, 2.75) is 38.3 Å². The van der Waals surface area contributed by atoms with E-state index in [0.717, 1.165) is 38.9 Å². The third kappa shape index (κ3) is 6.07. The molecule has 0 aliphatic carbocycles. The number of aromatic amines is 1. The fourth-order valence-electron chi connectivity index (χ4n) is 4.67. The van der Waals surface area contributed by atoms with Gasteiger partial charge in [-0.25, -0.2) is 0 Å². The van der Waals surface area contributed by atoms with Crippen LogP contribution in [0.25, 0.3) is 10.9 Å². The highest BCUT2D eigenvalue weighted by Gasteiger charge is 2.28. The number of aliphatic hydroxyl groups excluding tert-OH is 1. The van der Waals surface area contributed by atoms with Crippen LogP contribution in [-0.2, 0) is 33.9 Å². The number of H-pyrrole nitrogens is 1. The Morgan fingerprint density at radius 1 is 1.08 bits per heavy atom. The van der Waals surface area contributed by atoms with Gasteiger partial charge in [0.05, 0.1) is 20.3 Å². The molecule has 3 N–H and O–H groups in total. The fraction of sp³-hybridized carbons (Fsp3) is 0.258. The highest BCUT2D eigenvalue weighted by atomic mass is 16.7. The van der Waals surface area contributed by atoms with Crippen molar-refractivity contribution >= 4 is 16.8 Å². The molecule has 4 aromatic rings. The second-order valence-corrected chi connectivity index (χ2v) is 9.35. The van der Waals surface area contributed by atoms with Crippen LogP contribution in [0.4, 0.5) is 0 Å². The summed E-state index contributed by atoms with van der Waals surface area (Å²) in [5.41, 5.74) is 5.06. The standard InChI is InChI=1S/C31H32N2O5/c1-36-26-11-12-28-27(17-26)24(18-33-28)13-14-32-31(35)29-15-25(23-5-3-2-4-6-23)16-30(38-29)37-20-22-9-7-21(19-34)8-10-22/h2-12,15,17-18,25,30,33-34H,13-14,16,19-20H2,1H3,(H,32,35)/t25-,30+/m0/s1. The zero-order valence-electron chi connectivity index (χ0n) is 21.4. The van der Waals surface area contributed by atoms with Crippen LogP contribution < -0.4 is 10.1 Å². The van der Waals surface area contributed by atoms with Gasteiger partial charge in [-0.05, 0) is 52.9 Å². The molecule has 0 fully saturated rings. The fourth-order valence-corrected chi connectivity index (χ4v) is 4.67. The van der Waals surface area contributed by atoms with Gasteiger partial charge in [0.2, 0.25) is 6.29 Å². The van der Waals surface area contributed by atoms with E-state index in [0.29, 0.717) is 26.0 Å². The zero-order chi connectivity index (χ0) is 26.3. The van der Waals surface area contributed by atoms with E-state index in [-0.39, 0.29) is 24.2 Å². The minimum Gasteiger partial charge on any atom is -0.497 e. The van der Waals surface area contributed by atoms with E-state index in [1.165, 1.54) is 0 Å². The van der Waals surface area contributed by atoms with Crippen molar-refractivity contribution in [1.82, 2.24) is 10.3 Å². The molecule has 0 spiro atoms. The number of ether oxygens (including phenoxy) is 3. The van der Waals surface area contributed by atoms with Crippen LogP contribution >= 0.6 is 0 Å². The number of benzene rings is 3. The van der Waals surface area contributed by atoms with Gasteiger partial charge in [-0.3, -0.25) is 4.79 Å². The first-order valence-corrected chi connectivity index (χ1v) is 12.8. The summed E-state index contributed by atoms with van der Waals surface area (Å²) in [6.45, 7) is 0.808. The Morgan fingerprint density at radius 3 is 2.63 bits per heavy atom. The lowest BCUT2D eigenvalue weighted by atomic mass is 9.93. The Kier molecular flexibility index (Phi) is 8.06. The van der Waals surface area contributed by atoms with Crippen LogP contribution in [0.3, 0.4) is 0 Å². The van der Waals surface area contributed by atoms with Crippen molar-refractivity contribution < 1.29 is 24.1 Å². The highest BCUT2D eigenvalue weighted by molar-refractivity contribution is 5.92. The lowest BCUT2D eigenvalue weighted by Gasteiger charge is -2.29. The van der Waals surface area contributed by atoms with Crippen molar-refractivity contribution in [3.63, 3.8) is 0 Å². The Morgan fingerprint density at radius 2 is 1.87 bits per heavy atom. The molecule has 0 bridgehead atoms. The molecule has 5 rings (SSSR count). The third-order valence-electron chi connectivity index (χ3n) is 6.80. The minimum atomic E-state index is -0.565. The maximum Gasteiger partial charge on any atom is 0.286 e. The summed E-state index contributed by atoms with van der Waals surface area (Å²) in [5.74, 6) is 0.800. The van der Waals surface area contributed by atoms with Gasteiger partial charge in [-0.2, -0.15) is 0 Å².